The first kappa shape index (κ1) is 4.74. The van der Waals surface area contributed by atoms with Gasteiger partial charge in [0.05, 0.1) is 0 Å². The Morgan fingerprint density at radius 1 is 2.00 bits per heavy atom. The van der Waals surface area contributed by atoms with Crippen molar-refractivity contribution in [1.29, 1.82) is 0 Å². The average molecular weight is 117 g/mol. The minimum absolute atomic E-state index is 2.06. The number of hydrogen-bond acceptors (Lipinski definition) is 1. The molecule has 0 aliphatic heterocycles. The summed E-state index contributed by atoms with van der Waals surface area (Å²) in [5.41, 5.74) is 0. The molecule has 0 aliphatic rings. The Labute approximate surface area is 34.3 Å². The molecule has 0 rings (SSSR count). The quantitative estimate of drug-likeness (QED) is 0.437. The van der Waals surface area contributed by atoms with Gasteiger partial charge in [0.1, 0.15) is 0 Å². The van der Waals surface area contributed by atoms with Crippen LogP contribution in [0.4, 0.5) is 4.20 Å². The number of halogens is 2. The normalized spacial score (nSPS) is 11.0. The molecule has 1 atom stereocenters. The highest BCUT2D eigenvalue weighted by molar-refractivity contribution is 8.14. The van der Waals surface area contributed by atoms with Gasteiger partial charge in [-0.25, -0.2) is 0 Å². The first-order valence-corrected chi connectivity index (χ1v) is 3.67. The molecule has 0 spiro atoms. The van der Waals surface area contributed by atoms with Crippen molar-refractivity contribution in [2.24, 2.45) is 0 Å². The monoisotopic (exact) mass is 117 g/mol. The topological polar surface area (TPSA) is 0 Å². The van der Waals surface area contributed by atoms with Crippen molar-refractivity contribution in [2.75, 3.05) is 0 Å². The summed E-state index contributed by atoms with van der Waals surface area (Å²) >= 11 is 8.27. The van der Waals surface area contributed by atoms with Crippen molar-refractivity contribution in [1.82, 2.24) is 0 Å². The van der Waals surface area contributed by atoms with E-state index in [4.69, 9.17) is 0 Å². The molecule has 0 radical (unpaired) electrons. The van der Waals surface area contributed by atoms with Gasteiger partial charge in [0.25, 0.3) is 0 Å². The first-order valence-electron chi connectivity index (χ1n) is 0.521. The number of rotatable bonds is 0. The number of hydrogen-bond donors (Lipinski definition) is 0. The second kappa shape index (κ2) is 2.01. The van der Waals surface area contributed by atoms with Crippen LogP contribution in [0.5, 0.6) is 0 Å². The predicted octanol–water partition coefficient (Wildman–Crippen LogP) is 1.97. The molecular formula is ClFPS+. The van der Waals surface area contributed by atoms with E-state index in [1.54, 1.807) is 0 Å². The second-order valence-electron chi connectivity index (χ2n) is 0.202. The van der Waals surface area contributed by atoms with Gasteiger partial charge in [0.2, 0.25) is 23.0 Å². The molecule has 4 heteroatoms. The highest BCUT2D eigenvalue weighted by Crippen LogP contribution is 2.26. The zero-order valence-corrected chi connectivity index (χ0v) is 4.08. The SMILES string of the molecule is F[P+](=S)Cl. The van der Waals surface area contributed by atoms with Gasteiger partial charge < -0.3 is 0 Å². The third-order valence-corrected chi connectivity index (χ3v) is 0. The summed E-state index contributed by atoms with van der Waals surface area (Å²) in [7, 11) is 0. The van der Waals surface area contributed by atoms with Crippen molar-refractivity contribution in [3.05, 3.63) is 0 Å². The summed E-state index contributed by atoms with van der Waals surface area (Å²) in [6.07, 6.45) is -2.06. The van der Waals surface area contributed by atoms with E-state index >= 15 is 0 Å². The third-order valence-electron chi connectivity index (χ3n) is 0. The van der Waals surface area contributed by atoms with Gasteiger partial charge in [0.15, 0.2) is 0 Å². The Bertz CT molecular complexity index is 31.0. The van der Waals surface area contributed by atoms with Crippen molar-refractivity contribution >= 4 is 29.4 Å². The van der Waals surface area contributed by atoms with Crippen LogP contribution in [0.3, 0.4) is 0 Å². The average Bonchev–Trinajstić information content (AvgIpc) is 0.811. The summed E-state index contributed by atoms with van der Waals surface area (Å²) in [5.74, 6) is 0. The molecule has 24 valence electrons. The molecule has 0 aromatic carbocycles. The lowest BCUT2D eigenvalue weighted by Gasteiger charge is -1.26. The predicted molar refractivity (Wildman–Crippen MR) is 21.2 cm³/mol. The molecule has 0 saturated heterocycles. The highest BCUT2D eigenvalue weighted by Gasteiger charge is 1.93. The van der Waals surface area contributed by atoms with Gasteiger partial charge >= 0.3 is 6.36 Å². The van der Waals surface area contributed by atoms with E-state index in [1.165, 1.54) is 0 Å². The van der Waals surface area contributed by atoms with Crippen LogP contribution in [0.2, 0.25) is 0 Å². The Balaban J connectivity index is 2.80. The fourth-order valence-corrected chi connectivity index (χ4v) is 0. The Hall–Kier alpha value is 0.740. The fraction of sp³-hybridized carbons (Fsp3) is 0. The third kappa shape index (κ3) is 15.1. The van der Waals surface area contributed by atoms with E-state index in [0.717, 1.165) is 0 Å². The van der Waals surface area contributed by atoms with E-state index in [1.807, 2.05) is 0 Å². The molecule has 0 amide bonds. The van der Waals surface area contributed by atoms with Gasteiger partial charge in [-0.1, -0.05) is 0 Å². The first-order chi connectivity index (χ1) is 1.73. The second-order valence-corrected chi connectivity index (χ2v) is 3.06. The molecule has 0 N–H and O–H groups in total. The van der Waals surface area contributed by atoms with Crippen molar-refractivity contribution in [3.8, 4) is 0 Å². The minimum atomic E-state index is -2.06. The van der Waals surface area contributed by atoms with Crippen LogP contribution in [0.15, 0.2) is 0 Å². The summed E-state index contributed by atoms with van der Waals surface area (Å²) in [6.45, 7) is 0. The van der Waals surface area contributed by atoms with E-state index in [-0.39, 0.29) is 0 Å². The van der Waals surface area contributed by atoms with Crippen LogP contribution in [0.25, 0.3) is 0 Å². The maximum atomic E-state index is 10.6. The maximum absolute atomic E-state index is 10.6. The maximum Gasteiger partial charge on any atom is 0.515 e. The van der Waals surface area contributed by atoms with E-state index in [2.05, 4.69) is 23.0 Å². The molecule has 0 aliphatic carbocycles. The summed E-state index contributed by atoms with van der Waals surface area (Å²) in [5, 5.41) is 0. The van der Waals surface area contributed by atoms with Gasteiger partial charge in [-0.15, -0.1) is 0 Å². The lowest BCUT2D eigenvalue weighted by Crippen LogP contribution is -0.972. The van der Waals surface area contributed by atoms with Crippen LogP contribution in [0.1, 0.15) is 0 Å². The van der Waals surface area contributed by atoms with Gasteiger partial charge in [0, 0.05) is 4.20 Å². The van der Waals surface area contributed by atoms with Crippen molar-refractivity contribution < 1.29 is 4.20 Å². The zero-order valence-electron chi connectivity index (χ0n) is 1.61. The molecule has 0 heterocycles. The van der Waals surface area contributed by atoms with Crippen LogP contribution in [-0.2, 0) is 11.8 Å². The summed E-state index contributed by atoms with van der Waals surface area (Å²) in [6, 6.07) is 0. The molecule has 4 heavy (non-hydrogen) atoms. The Morgan fingerprint density at radius 3 is 2.00 bits per heavy atom. The van der Waals surface area contributed by atoms with Crippen LogP contribution >= 0.6 is 17.6 Å². The van der Waals surface area contributed by atoms with Gasteiger partial charge in [-0.3, -0.25) is 0 Å². The van der Waals surface area contributed by atoms with Gasteiger partial charge in [-0.05, 0) is 0 Å². The molecule has 0 saturated carbocycles. The Morgan fingerprint density at radius 2 is 2.00 bits per heavy atom. The van der Waals surface area contributed by atoms with Crippen LogP contribution < -0.4 is 0 Å². The molecule has 0 aromatic rings. The molecule has 1 unspecified atom stereocenters. The van der Waals surface area contributed by atoms with Gasteiger partial charge in [-0.2, -0.15) is 0 Å². The van der Waals surface area contributed by atoms with Crippen molar-refractivity contribution in [3.63, 3.8) is 0 Å². The highest BCUT2D eigenvalue weighted by atomic mass is 35.7. The van der Waals surface area contributed by atoms with E-state index in [9.17, 15) is 4.20 Å². The van der Waals surface area contributed by atoms with Crippen LogP contribution in [-0.4, -0.2) is 0 Å². The molecule has 0 aromatic heterocycles. The van der Waals surface area contributed by atoms with Crippen LogP contribution in [0, 0.1) is 0 Å². The zero-order chi connectivity index (χ0) is 3.58. The smallest absolute Gasteiger partial charge is 0.0435 e. The summed E-state index contributed by atoms with van der Waals surface area (Å²) in [4.78, 5) is 0. The standard InChI is InChI=1S/ClFPS/c1-3(2)4/q+1. The molecule has 0 bridgehead atoms. The molecule has 0 fully saturated rings. The Kier molecular flexibility index (Phi) is 2.38. The lowest BCUT2D eigenvalue weighted by atomic mass is 18.9. The lowest BCUT2D eigenvalue weighted by molar-refractivity contribution is 0.933. The van der Waals surface area contributed by atoms with Crippen molar-refractivity contribution in [2.45, 2.75) is 0 Å². The largest absolute Gasteiger partial charge is 0.515 e. The molecule has 0 nitrogen and oxygen atoms in total. The summed E-state index contributed by atoms with van der Waals surface area (Å²) < 4.78 is 10.6. The minimum Gasteiger partial charge on any atom is 0.0435 e. The van der Waals surface area contributed by atoms with E-state index < -0.39 is 6.36 Å². The molecular weight excluding hydrogens is 117 g/mol. The van der Waals surface area contributed by atoms with E-state index in [0.29, 0.717) is 0 Å². The fourth-order valence-electron chi connectivity index (χ4n) is 0.